The first kappa shape index (κ1) is 13.6. The number of rotatable bonds is 4. The number of amides is 1. The molecule has 0 spiro atoms. The Bertz CT molecular complexity index is 668. The summed E-state index contributed by atoms with van der Waals surface area (Å²) in [7, 11) is 0. The van der Waals surface area contributed by atoms with Crippen molar-refractivity contribution in [2.45, 2.75) is 20.0 Å². The SMILES string of the molecule is Cc1cccc(CNCc2ccc3c(c2)NC(=O)CO3)c1. The first-order valence-corrected chi connectivity index (χ1v) is 7.02. The van der Waals surface area contributed by atoms with Gasteiger partial charge in [-0.2, -0.15) is 0 Å². The van der Waals surface area contributed by atoms with Crippen LogP contribution in [0.2, 0.25) is 0 Å². The molecule has 0 saturated carbocycles. The lowest BCUT2D eigenvalue weighted by Crippen LogP contribution is -2.25. The van der Waals surface area contributed by atoms with Crippen molar-refractivity contribution in [3.8, 4) is 5.75 Å². The average Bonchev–Trinajstić information content (AvgIpc) is 2.47. The molecule has 0 unspecified atom stereocenters. The summed E-state index contributed by atoms with van der Waals surface area (Å²) in [6, 6.07) is 14.3. The zero-order valence-electron chi connectivity index (χ0n) is 12.0. The minimum Gasteiger partial charge on any atom is -0.482 e. The lowest BCUT2D eigenvalue weighted by molar-refractivity contribution is -0.118. The largest absolute Gasteiger partial charge is 0.482 e. The van der Waals surface area contributed by atoms with Crippen molar-refractivity contribution in [1.29, 1.82) is 0 Å². The quantitative estimate of drug-likeness (QED) is 0.906. The van der Waals surface area contributed by atoms with Crippen LogP contribution in [0.1, 0.15) is 16.7 Å². The van der Waals surface area contributed by atoms with E-state index in [1.165, 1.54) is 11.1 Å². The summed E-state index contributed by atoms with van der Waals surface area (Å²) in [5, 5.41) is 6.23. The van der Waals surface area contributed by atoms with Gasteiger partial charge in [-0.3, -0.25) is 4.79 Å². The molecule has 21 heavy (non-hydrogen) atoms. The van der Waals surface area contributed by atoms with Gasteiger partial charge in [0.25, 0.3) is 5.91 Å². The van der Waals surface area contributed by atoms with Crippen LogP contribution >= 0.6 is 0 Å². The second-order valence-corrected chi connectivity index (χ2v) is 5.26. The molecule has 2 aromatic rings. The molecule has 108 valence electrons. The molecule has 1 aliphatic heterocycles. The number of fused-ring (bicyclic) bond motifs is 1. The lowest BCUT2D eigenvalue weighted by atomic mass is 10.1. The molecule has 1 amide bonds. The molecule has 1 heterocycles. The van der Waals surface area contributed by atoms with Gasteiger partial charge in [0.1, 0.15) is 5.75 Å². The van der Waals surface area contributed by atoms with E-state index in [4.69, 9.17) is 4.74 Å². The van der Waals surface area contributed by atoms with Crippen molar-refractivity contribution in [2.24, 2.45) is 0 Å². The summed E-state index contributed by atoms with van der Waals surface area (Å²) in [6.07, 6.45) is 0. The number of ether oxygens (including phenoxy) is 1. The molecule has 2 N–H and O–H groups in total. The number of carbonyl (C=O) groups excluding carboxylic acids is 1. The topological polar surface area (TPSA) is 50.4 Å². The fourth-order valence-electron chi connectivity index (χ4n) is 2.41. The molecule has 3 rings (SSSR count). The van der Waals surface area contributed by atoms with Crippen LogP contribution in [-0.2, 0) is 17.9 Å². The molecule has 0 fully saturated rings. The highest BCUT2D eigenvalue weighted by Crippen LogP contribution is 2.28. The Morgan fingerprint density at radius 1 is 1.14 bits per heavy atom. The number of hydrogen-bond acceptors (Lipinski definition) is 3. The third-order valence-corrected chi connectivity index (χ3v) is 3.42. The van der Waals surface area contributed by atoms with Crippen molar-refractivity contribution < 1.29 is 9.53 Å². The first-order chi connectivity index (χ1) is 10.2. The number of hydrogen-bond donors (Lipinski definition) is 2. The van der Waals surface area contributed by atoms with E-state index in [2.05, 4.69) is 41.8 Å². The van der Waals surface area contributed by atoms with E-state index >= 15 is 0 Å². The van der Waals surface area contributed by atoms with Gasteiger partial charge in [0, 0.05) is 13.1 Å². The number of carbonyl (C=O) groups is 1. The Balaban J connectivity index is 1.61. The Hall–Kier alpha value is -2.33. The molecule has 2 aromatic carbocycles. The van der Waals surface area contributed by atoms with Gasteiger partial charge in [-0.1, -0.05) is 35.9 Å². The Labute approximate surface area is 124 Å². The van der Waals surface area contributed by atoms with Crippen molar-refractivity contribution in [1.82, 2.24) is 5.32 Å². The van der Waals surface area contributed by atoms with Gasteiger partial charge < -0.3 is 15.4 Å². The molecule has 0 saturated heterocycles. The van der Waals surface area contributed by atoms with Crippen LogP contribution in [0.25, 0.3) is 0 Å². The highest BCUT2D eigenvalue weighted by Gasteiger charge is 2.15. The van der Waals surface area contributed by atoms with E-state index in [0.29, 0.717) is 0 Å². The van der Waals surface area contributed by atoms with E-state index in [1.54, 1.807) is 0 Å². The summed E-state index contributed by atoms with van der Waals surface area (Å²) in [5.41, 5.74) is 4.40. The maximum Gasteiger partial charge on any atom is 0.262 e. The van der Waals surface area contributed by atoms with Crippen molar-refractivity contribution in [3.63, 3.8) is 0 Å². The minimum absolute atomic E-state index is 0.0952. The van der Waals surface area contributed by atoms with Gasteiger partial charge in [0.05, 0.1) is 5.69 Å². The fraction of sp³-hybridized carbons (Fsp3) is 0.235. The van der Waals surface area contributed by atoms with Crippen LogP contribution in [0.3, 0.4) is 0 Å². The average molecular weight is 282 g/mol. The van der Waals surface area contributed by atoms with E-state index in [-0.39, 0.29) is 12.5 Å². The van der Waals surface area contributed by atoms with Crippen molar-refractivity contribution in [3.05, 3.63) is 59.2 Å². The molecule has 4 nitrogen and oxygen atoms in total. The Morgan fingerprint density at radius 3 is 2.76 bits per heavy atom. The summed E-state index contributed by atoms with van der Waals surface area (Å²) in [4.78, 5) is 11.3. The smallest absolute Gasteiger partial charge is 0.262 e. The minimum atomic E-state index is -0.104. The van der Waals surface area contributed by atoms with Crippen LogP contribution in [0.15, 0.2) is 42.5 Å². The van der Waals surface area contributed by atoms with Crippen LogP contribution in [0.4, 0.5) is 5.69 Å². The van der Waals surface area contributed by atoms with Crippen LogP contribution in [0, 0.1) is 6.92 Å². The zero-order chi connectivity index (χ0) is 14.7. The molecular weight excluding hydrogens is 264 g/mol. The Morgan fingerprint density at radius 2 is 1.95 bits per heavy atom. The van der Waals surface area contributed by atoms with Crippen LogP contribution in [-0.4, -0.2) is 12.5 Å². The van der Waals surface area contributed by atoms with Gasteiger partial charge in [0.15, 0.2) is 6.61 Å². The highest BCUT2D eigenvalue weighted by molar-refractivity contribution is 5.95. The van der Waals surface area contributed by atoms with E-state index in [9.17, 15) is 4.79 Å². The number of anilines is 1. The number of nitrogens with one attached hydrogen (secondary N) is 2. The standard InChI is InChI=1S/C17H18N2O2/c1-12-3-2-4-13(7-12)9-18-10-14-5-6-16-15(8-14)19-17(20)11-21-16/h2-8,18H,9-11H2,1H3,(H,19,20). The highest BCUT2D eigenvalue weighted by atomic mass is 16.5. The van der Waals surface area contributed by atoms with Gasteiger partial charge in [0.2, 0.25) is 0 Å². The molecule has 0 aromatic heterocycles. The molecule has 0 radical (unpaired) electrons. The first-order valence-electron chi connectivity index (χ1n) is 7.02. The predicted molar refractivity (Wildman–Crippen MR) is 82.3 cm³/mol. The number of aryl methyl sites for hydroxylation is 1. The second kappa shape index (κ2) is 5.97. The van der Waals surface area contributed by atoms with Crippen LogP contribution in [0.5, 0.6) is 5.75 Å². The number of benzene rings is 2. The second-order valence-electron chi connectivity index (χ2n) is 5.26. The van der Waals surface area contributed by atoms with Gasteiger partial charge in [-0.25, -0.2) is 0 Å². The summed E-state index contributed by atoms with van der Waals surface area (Å²) in [5.74, 6) is 0.629. The lowest BCUT2D eigenvalue weighted by Gasteiger charge is -2.18. The van der Waals surface area contributed by atoms with Gasteiger partial charge in [-0.15, -0.1) is 0 Å². The van der Waals surface area contributed by atoms with E-state index in [0.717, 1.165) is 30.1 Å². The molecule has 1 aliphatic rings. The van der Waals surface area contributed by atoms with Gasteiger partial charge >= 0.3 is 0 Å². The van der Waals surface area contributed by atoms with Crippen molar-refractivity contribution in [2.75, 3.05) is 11.9 Å². The predicted octanol–water partition coefficient (Wildman–Crippen LogP) is 2.62. The molecular formula is C17H18N2O2. The third kappa shape index (κ3) is 3.41. The summed E-state index contributed by atoms with van der Waals surface area (Å²) >= 11 is 0. The fourth-order valence-corrected chi connectivity index (χ4v) is 2.41. The van der Waals surface area contributed by atoms with E-state index < -0.39 is 0 Å². The maximum atomic E-state index is 11.3. The van der Waals surface area contributed by atoms with Crippen molar-refractivity contribution >= 4 is 11.6 Å². The van der Waals surface area contributed by atoms with Crippen LogP contribution < -0.4 is 15.4 Å². The normalized spacial score (nSPS) is 13.3. The monoisotopic (exact) mass is 282 g/mol. The molecule has 0 bridgehead atoms. The maximum absolute atomic E-state index is 11.3. The third-order valence-electron chi connectivity index (χ3n) is 3.42. The van der Waals surface area contributed by atoms with Gasteiger partial charge in [-0.05, 0) is 30.2 Å². The molecule has 0 aliphatic carbocycles. The molecule has 0 atom stereocenters. The molecule has 4 heteroatoms. The zero-order valence-corrected chi connectivity index (χ0v) is 12.0. The summed E-state index contributed by atoms with van der Waals surface area (Å²) in [6.45, 7) is 3.76. The Kier molecular flexibility index (Phi) is 3.88. The summed E-state index contributed by atoms with van der Waals surface area (Å²) < 4.78 is 5.35. The van der Waals surface area contributed by atoms with E-state index in [1.807, 2.05) is 18.2 Å².